The molecule has 1 heteroatoms. The number of hydrogen-bond acceptors (Lipinski definition) is 1. The molecule has 0 unspecified atom stereocenters. The van der Waals surface area contributed by atoms with Crippen molar-refractivity contribution in [1.82, 2.24) is 0 Å². The summed E-state index contributed by atoms with van der Waals surface area (Å²) < 4.78 is 5.12. The number of allylic oxidation sites excluding steroid dienone is 1. The van der Waals surface area contributed by atoms with Gasteiger partial charge in [-0.2, -0.15) is 0 Å². The zero-order valence-corrected chi connectivity index (χ0v) is 14.7. The van der Waals surface area contributed by atoms with Crippen LogP contribution in [0.25, 0.3) is 23.1 Å². The Hall–Kier alpha value is -3.32. The maximum absolute atomic E-state index is 5.12. The molecule has 4 aromatic rings. The van der Waals surface area contributed by atoms with Crippen LogP contribution in [0.4, 0.5) is 0 Å². The molecule has 1 aliphatic rings. The highest BCUT2D eigenvalue weighted by Gasteiger charge is 2.00. The summed E-state index contributed by atoms with van der Waals surface area (Å²) in [5.41, 5.74) is 4.97. The molecule has 1 nitrogen and oxygen atoms in total. The number of hydrogen-bond donors (Lipinski definition) is 0. The molecule has 0 saturated heterocycles. The van der Waals surface area contributed by atoms with Crippen molar-refractivity contribution < 1.29 is 4.42 Å². The molecule has 0 spiro atoms. The van der Waals surface area contributed by atoms with Crippen molar-refractivity contribution in [2.75, 3.05) is 0 Å². The highest BCUT2D eigenvalue weighted by molar-refractivity contribution is 5.76. The summed E-state index contributed by atoms with van der Waals surface area (Å²) in [4.78, 5) is 0. The van der Waals surface area contributed by atoms with E-state index < -0.39 is 0 Å². The van der Waals surface area contributed by atoms with E-state index in [4.69, 9.17) is 4.42 Å². The van der Waals surface area contributed by atoms with Crippen molar-refractivity contribution in [3.8, 4) is 0 Å². The molecule has 1 aliphatic carbocycles. The first kappa shape index (κ1) is 17.5. The van der Waals surface area contributed by atoms with E-state index in [1.54, 1.807) is 6.26 Å². The molecule has 0 atom stereocenters. The van der Waals surface area contributed by atoms with Crippen molar-refractivity contribution in [2.24, 2.45) is 0 Å². The molecule has 0 saturated carbocycles. The van der Waals surface area contributed by atoms with Crippen molar-refractivity contribution in [1.29, 1.82) is 0 Å². The van der Waals surface area contributed by atoms with Gasteiger partial charge in [0.25, 0.3) is 0 Å². The van der Waals surface area contributed by atoms with Gasteiger partial charge in [0, 0.05) is 5.39 Å². The Kier molecular flexibility index (Phi) is 6.22. The lowest BCUT2D eigenvalue weighted by Crippen LogP contribution is -1.76. The fraction of sp³-hybridized carbons (Fsp3) is 0.0400. The summed E-state index contributed by atoms with van der Waals surface area (Å²) in [5, 5.41) is 1.16. The molecule has 5 rings (SSSR count). The Morgan fingerprint density at radius 2 is 1.50 bits per heavy atom. The Morgan fingerprint density at radius 3 is 2.23 bits per heavy atom. The Morgan fingerprint density at radius 1 is 0.769 bits per heavy atom. The SMILES string of the molecule is C1=Cc2ccccc2C1.C=Cc1ccccc1.c1ccc2occc2c1. The average Bonchev–Trinajstić information content (AvgIpc) is 3.38. The van der Waals surface area contributed by atoms with Crippen LogP contribution in [0.3, 0.4) is 0 Å². The van der Waals surface area contributed by atoms with Crippen LogP contribution in [0.2, 0.25) is 0 Å². The second-order valence-corrected chi connectivity index (χ2v) is 5.88. The molecule has 26 heavy (non-hydrogen) atoms. The van der Waals surface area contributed by atoms with Crippen LogP contribution in [0.1, 0.15) is 16.7 Å². The Balaban J connectivity index is 0.000000113. The second-order valence-electron chi connectivity index (χ2n) is 5.88. The number of rotatable bonds is 1. The van der Waals surface area contributed by atoms with Gasteiger partial charge in [-0.1, -0.05) is 97.6 Å². The summed E-state index contributed by atoms with van der Waals surface area (Å²) in [6, 6.07) is 28.4. The maximum atomic E-state index is 5.12. The second kappa shape index (κ2) is 9.24. The topological polar surface area (TPSA) is 13.1 Å². The standard InChI is InChI=1S/C9H8.C8H6O.C8H8/c1-2-5-9-7-3-6-8(9)4-1;1-2-4-8-7(3-1)5-6-9-8;1-2-8-6-4-3-5-7-8/h1-6H,7H2;1-6H;2-7H,1H2. The van der Waals surface area contributed by atoms with Crippen molar-refractivity contribution in [3.05, 3.63) is 121 Å². The van der Waals surface area contributed by atoms with E-state index in [1.165, 1.54) is 16.7 Å². The first-order valence-electron chi connectivity index (χ1n) is 8.71. The van der Waals surface area contributed by atoms with Gasteiger partial charge in [0.1, 0.15) is 5.58 Å². The third kappa shape index (κ3) is 4.84. The van der Waals surface area contributed by atoms with Crippen molar-refractivity contribution in [2.45, 2.75) is 6.42 Å². The van der Waals surface area contributed by atoms with E-state index in [-0.39, 0.29) is 0 Å². The third-order valence-electron chi connectivity index (χ3n) is 4.09. The highest BCUT2D eigenvalue weighted by atomic mass is 16.3. The van der Waals surface area contributed by atoms with Crippen molar-refractivity contribution in [3.63, 3.8) is 0 Å². The Labute approximate surface area is 154 Å². The summed E-state index contributed by atoms with van der Waals surface area (Å²) in [5.74, 6) is 0. The first-order valence-corrected chi connectivity index (χ1v) is 8.71. The summed E-state index contributed by atoms with van der Waals surface area (Å²) in [6.07, 6.45) is 9.03. The van der Waals surface area contributed by atoms with Crippen molar-refractivity contribution >= 4 is 23.1 Å². The number of benzene rings is 3. The van der Waals surface area contributed by atoms with Gasteiger partial charge in [0.05, 0.1) is 6.26 Å². The smallest absolute Gasteiger partial charge is 0.133 e. The van der Waals surface area contributed by atoms with Crippen LogP contribution in [0, 0.1) is 0 Å². The lowest BCUT2D eigenvalue weighted by molar-refractivity contribution is 0.616. The fourth-order valence-corrected chi connectivity index (χ4v) is 2.69. The molecule has 0 N–H and O–H groups in total. The number of fused-ring (bicyclic) bond motifs is 2. The van der Waals surface area contributed by atoms with Gasteiger partial charge in [-0.15, -0.1) is 0 Å². The van der Waals surface area contributed by atoms with Gasteiger partial charge in [0.2, 0.25) is 0 Å². The van der Waals surface area contributed by atoms with Crippen LogP contribution in [0.5, 0.6) is 0 Å². The molecule has 3 aromatic carbocycles. The Bertz CT molecular complexity index is 947. The molecule has 128 valence electrons. The molecule has 1 heterocycles. The maximum Gasteiger partial charge on any atom is 0.133 e. The van der Waals surface area contributed by atoms with E-state index in [0.717, 1.165) is 17.4 Å². The lowest BCUT2D eigenvalue weighted by Gasteiger charge is -1.93. The zero-order valence-electron chi connectivity index (χ0n) is 14.7. The third-order valence-corrected chi connectivity index (χ3v) is 4.09. The zero-order chi connectivity index (χ0) is 18.0. The minimum atomic E-state index is 0.956. The molecule has 0 aliphatic heterocycles. The molecule has 0 fully saturated rings. The van der Waals surface area contributed by atoms with E-state index in [9.17, 15) is 0 Å². The normalized spacial score (nSPS) is 10.9. The molecule has 0 amide bonds. The quantitative estimate of drug-likeness (QED) is 0.363. The van der Waals surface area contributed by atoms with E-state index >= 15 is 0 Å². The average molecular weight is 338 g/mol. The lowest BCUT2D eigenvalue weighted by atomic mass is 10.1. The molecular weight excluding hydrogens is 316 g/mol. The fourth-order valence-electron chi connectivity index (χ4n) is 2.69. The van der Waals surface area contributed by atoms with Crippen LogP contribution in [0.15, 0.2) is 108 Å². The monoisotopic (exact) mass is 338 g/mol. The van der Waals surface area contributed by atoms with E-state index in [0.29, 0.717) is 0 Å². The first-order chi connectivity index (χ1) is 12.9. The number of para-hydroxylation sites is 1. The summed E-state index contributed by atoms with van der Waals surface area (Å²) >= 11 is 0. The number of furan rings is 1. The van der Waals surface area contributed by atoms with E-state index in [1.807, 2.05) is 66.7 Å². The minimum Gasteiger partial charge on any atom is -0.464 e. The predicted octanol–water partition coefficient (Wildman–Crippen LogP) is 7.02. The minimum absolute atomic E-state index is 0.956. The highest BCUT2D eigenvalue weighted by Crippen LogP contribution is 2.17. The van der Waals surface area contributed by atoms with Crippen LogP contribution in [-0.2, 0) is 6.42 Å². The van der Waals surface area contributed by atoms with Gasteiger partial charge in [-0.25, -0.2) is 0 Å². The van der Waals surface area contributed by atoms with Gasteiger partial charge in [-0.05, 0) is 35.2 Å². The summed E-state index contributed by atoms with van der Waals surface area (Å²) in [7, 11) is 0. The van der Waals surface area contributed by atoms with Crippen LogP contribution >= 0.6 is 0 Å². The van der Waals surface area contributed by atoms with Gasteiger partial charge < -0.3 is 4.42 Å². The molecule has 0 bridgehead atoms. The van der Waals surface area contributed by atoms with Gasteiger partial charge in [0.15, 0.2) is 0 Å². The van der Waals surface area contributed by atoms with E-state index in [2.05, 4.69) is 43.0 Å². The predicted molar refractivity (Wildman–Crippen MR) is 112 cm³/mol. The van der Waals surface area contributed by atoms with Gasteiger partial charge >= 0.3 is 0 Å². The molecule has 1 aromatic heterocycles. The van der Waals surface area contributed by atoms with Crippen LogP contribution in [-0.4, -0.2) is 0 Å². The summed E-state index contributed by atoms with van der Waals surface area (Å²) in [6.45, 7) is 3.63. The van der Waals surface area contributed by atoms with Gasteiger partial charge in [-0.3, -0.25) is 0 Å². The largest absolute Gasteiger partial charge is 0.464 e. The molecular formula is C25H22O. The van der Waals surface area contributed by atoms with Crippen LogP contribution < -0.4 is 0 Å². The molecule has 0 radical (unpaired) electrons.